The van der Waals surface area contributed by atoms with Crippen LogP contribution in [-0.4, -0.2) is 6.61 Å². The van der Waals surface area contributed by atoms with Crippen LogP contribution in [0.25, 0.3) is 0 Å². The highest BCUT2D eigenvalue weighted by Crippen LogP contribution is 2.31. The molecule has 0 radical (unpaired) electrons. The molecule has 0 unspecified atom stereocenters. The molecular weight excluding hydrogens is 196 g/mol. The van der Waals surface area contributed by atoms with E-state index in [2.05, 4.69) is 58.9 Å². The first-order valence-electron chi connectivity index (χ1n) is 6.22. The molecule has 0 fully saturated rings. The highest BCUT2D eigenvalue weighted by atomic mass is 16.5. The van der Waals surface area contributed by atoms with Gasteiger partial charge in [-0.1, -0.05) is 45.0 Å². The van der Waals surface area contributed by atoms with Gasteiger partial charge in [-0.2, -0.15) is 0 Å². The van der Waals surface area contributed by atoms with Gasteiger partial charge in [-0.15, -0.1) is 0 Å². The Labute approximate surface area is 99.8 Å². The largest absolute Gasteiger partial charge is 0.371 e. The number of hydrogen-bond donors (Lipinski definition) is 0. The Morgan fingerprint density at radius 1 is 1.19 bits per heavy atom. The van der Waals surface area contributed by atoms with E-state index in [4.69, 9.17) is 4.74 Å². The van der Waals surface area contributed by atoms with E-state index >= 15 is 0 Å². The van der Waals surface area contributed by atoms with Crippen LogP contribution in [0, 0.1) is 0 Å². The van der Waals surface area contributed by atoms with Gasteiger partial charge >= 0.3 is 0 Å². The van der Waals surface area contributed by atoms with Gasteiger partial charge in [0.15, 0.2) is 0 Å². The summed E-state index contributed by atoms with van der Waals surface area (Å²) in [5.41, 5.74) is 2.53. The summed E-state index contributed by atoms with van der Waals surface area (Å²) in [5, 5.41) is 0. The Morgan fingerprint density at radius 2 is 1.81 bits per heavy atom. The van der Waals surface area contributed by atoms with Gasteiger partial charge in [-0.05, 0) is 37.3 Å². The van der Waals surface area contributed by atoms with Crippen molar-refractivity contribution >= 4 is 0 Å². The smallest absolute Gasteiger partial charge is 0.0878 e. The fourth-order valence-electron chi connectivity index (χ4n) is 1.98. The van der Waals surface area contributed by atoms with Crippen molar-refractivity contribution < 1.29 is 4.74 Å². The van der Waals surface area contributed by atoms with Gasteiger partial charge < -0.3 is 4.74 Å². The van der Waals surface area contributed by atoms with Crippen LogP contribution in [0.2, 0.25) is 0 Å². The second-order valence-electron chi connectivity index (χ2n) is 5.10. The van der Waals surface area contributed by atoms with Crippen molar-refractivity contribution in [1.29, 1.82) is 0 Å². The Hall–Kier alpha value is -0.820. The summed E-state index contributed by atoms with van der Waals surface area (Å²) in [5.74, 6) is 0.542. The second kappa shape index (κ2) is 5.49. The van der Waals surface area contributed by atoms with Crippen molar-refractivity contribution in [2.24, 2.45) is 0 Å². The molecule has 1 aromatic rings. The lowest BCUT2D eigenvalue weighted by Gasteiger charge is -2.29. The number of benzene rings is 1. The lowest BCUT2D eigenvalue weighted by molar-refractivity contribution is -0.0220. The molecule has 0 bridgehead atoms. The second-order valence-corrected chi connectivity index (χ2v) is 5.10. The van der Waals surface area contributed by atoms with Gasteiger partial charge in [-0.3, -0.25) is 0 Å². The molecule has 0 saturated heterocycles. The Bertz CT molecular complexity index is 326. The van der Waals surface area contributed by atoms with E-state index in [1.54, 1.807) is 0 Å². The van der Waals surface area contributed by atoms with Crippen molar-refractivity contribution in [3.8, 4) is 0 Å². The topological polar surface area (TPSA) is 9.23 Å². The first kappa shape index (κ1) is 13.2. The lowest BCUT2D eigenvalue weighted by atomic mass is 9.88. The molecule has 1 heteroatoms. The molecule has 1 aromatic carbocycles. The van der Waals surface area contributed by atoms with E-state index in [0.717, 1.165) is 13.0 Å². The predicted octanol–water partition coefficient (Wildman–Crippen LogP) is 4.47. The summed E-state index contributed by atoms with van der Waals surface area (Å²) in [4.78, 5) is 0. The maximum absolute atomic E-state index is 5.96. The summed E-state index contributed by atoms with van der Waals surface area (Å²) >= 11 is 0. The molecule has 90 valence electrons. The molecular formula is C15H24O. The molecule has 0 N–H and O–H groups in total. The average Bonchev–Trinajstić information content (AvgIpc) is 2.26. The molecule has 1 nitrogen and oxygen atoms in total. The third kappa shape index (κ3) is 3.08. The third-order valence-corrected chi connectivity index (χ3v) is 2.90. The fourth-order valence-corrected chi connectivity index (χ4v) is 1.98. The van der Waals surface area contributed by atoms with E-state index in [-0.39, 0.29) is 5.60 Å². The number of hydrogen-bond acceptors (Lipinski definition) is 1. The zero-order valence-corrected chi connectivity index (χ0v) is 11.2. The summed E-state index contributed by atoms with van der Waals surface area (Å²) in [7, 11) is 0. The predicted molar refractivity (Wildman–Crippen MR) is 69.8 cm³/mol. The third-order valence-electron chi connectivity index (χ3n) is 2.90. The van der Waals surface area contributed by atoms with Crippen LogP contribution >= 0.6 is 0 Å². The van der Waals surface area contributed by atoms with Crippen LogP contribution in [0.1, 0.15) is 58.1 Å². The van der Waals surface area contributed by atoms with Crippen molar-refractivity contribution in [3.63, 3.8) is 0 Å². The zero-order valence-electron chi connectivity index (χ0n) is 11.2. The van der Waals surface area contributed by atoms with Crippen LogP contribution in [0.15, 0.2) is 24.3 Å². The lowest BCUT2D eigenvalue weighted by Crippen LogP contribution is -2.24. The van der Waals surface area contributed by atoms with Gasteiger partial charge in [0.1, 0.15) is 0 Å². The van der Waals surface area contributed by atoms with Crippen LogP contribution < -0.4 is 0 Å². The first-order chi connectivity index (χ1) is 7.49. The van der Waals surface area contributed by atoms with Gasteiger partial charge in [-0.25, -0.2) is 0 Å². The summed E-state index contributed by atoms with van der Waals surface area (Å²) < 4.78 is 5.96. The fraction of sp³-hybridized carbons (Fsp3) is 0.600. The minimum absolute atomic E-state index is 0.184. The zero-order chi connectivity index (χ0) is 12.2. The monoisotopic (exact) mass is 220 g/mol. The van der Waals surface area contributed by atoms with Gasteiger partial charge in [0, 0.05) is 6.61 Å². The summed E-state index contributed by atoms with van der Waals surface area (Å²) in [6.45, 7) is 11.7. The van der Waals surface area contributed by atoms with E-state index in [9.17, 15) is 0 Å². The summed E-state index contributed by atoms with van der Waals surface area (Å²) in [6.07, 6.45) is 1.06. The molecule has 0 aliphatic rings. The highest BCUT2D eigenvalue weighted by molar-refractivity contribution is 5.33. The molecule has 0 aromatic heterocycles. The standard InChI is InChI=1S/C15H24O/c1-6-11-16-15(4,5)14-10-8-7-9-13(14)12(2)3/h7-10,12H,6,11H2,1-5H3. The van der Waals surface area contributed by atoms with Gasteiger partial charge in [0.05, 0.1) is 5.60 Å². The molecule has 0 amide bonds. The maximum Gasteiger partial charge on any atom is 0.0878 e. The van der Waals surface area contributed by atoms with Crippen molar-refractivity contribution in [3.05, 3.63) is 35.4 Å². The summed E-state index contributed by atoms with van der Waals surface area (Å²) in [6, 6.07) is 8.59. The van der Waals surface area contributed by atoms with Crippen molar-refractivity contribution in [2.45, 2.75) is 52.6 Å². The minimum atomic E-state index is -0.184. The quantitative estimate of drug-likeness (QED) is 0.711. The van der Waals surface area contributed by atoms with Crippen molar-refractivity contribution in [1.82, 2.24) is 0 Å². The maximum atomic E-state index is 5.96. The first-order valence-corrected chi connectivity index (χ1v) is 6.22. The highest BCUT2D eigenvalue weighted by Gasteiger charge is 2.24. The molecule has 0 atom stereocenters. The molecule has 1 rings (SSSR count). The van der Waals surface area contributed by atoms with E-state index in [1.165, 1.54) is 11.1 Å². The minimum Gasteiger partial charge on any atom is -0.371 e. The van der Waals surface area contributed by atoms with Crippen molar-refractivity contribution in [2.75, 3.05) is 6.61 Å². The van der Waals surface area contributed by atoms with Crippen LogP contribution in [-0.2, 0) is 10.3 Å². The normalized spacial score (nSPS) is 12.1. The Morgan fingerprint density at radius 3 is 2.38 bits per heavy atom. The van der Waals surface area contributed by atoms with E-state index in [1.807, 2.05) is 0 Å². The van der Waals surface area contributed by atoms with E-state index < -0.39 is 0 Å². The molecule has 16 heavy (non-hydrogen) atoms. The Kier molecular flexibility index (Phi) is 4.55. The molecule has 0 aliphatic carbocycles. The molecule has 0 aliphatic heterocycles. The Balaban J connectivity index is 3.01. The molecule has 0 heterocycles. The molecule has 0 saturated carbocycles. The van der Waals surface area contributed by atoms with Gasteiger partial charge in [0.25, 0.3) is 0 Å². The SMILES string of the molecule is CCCOC(C)(C)c1ccccc1C(C)C. The number of ether oxygens (including phenoxy) is 1. The average molecular weight is 220 g/mol. The van der Waals surface area contributed by atoms with E-state index in [0.29, 0.717) is 5.92 Å². The van der Waals surface area contributed by atoms with Crippen LogP contribution in [0.3, 0.4) is 0 Å². The molecule has 0 spiro atoms. The van der Waals surface area contributed by atoms with Crippen LogP contribution in [0.4, 0.5) is 0 Å². The van der Waals surface area contributed by atoms with Crippen LogP contribution in [0.5, 0.6) is 0 Å². The van der Waals surface area contributed by atoms with Gasteiger partial charge in [0.2, 0.25) is 0 Å². The number of rotatable bonds is 5.